The van der Waals surface area contributed by atoms with Crippen LogP contribution in [0.15, 0.2) is 77.7 Å². The minimum atomic E-state index is -3.77. The van der Waals surface area contributed by atoms with E-state index < -0.39 is 10.0 Å². The zero-order valence-corrected chi connectivity index (χ0v) is 15.9. The molecular weight excluding hydrogens is 360 g/mol. The van der Waals surface area contributed by atoms with Crippen LogP contribution in [0.4, 0.5) is 11.4 Å². The van der Waals surface area contributed by atoms with E-state index in [1.54, 1.807) is 73.8 Å². The van der Waals surface area contributed by atoms with Crippen LogP contribution in [0.25, 0.3) is 0 Å². The first-order valence-corrected chi connectivity index (χ1v) is 9.90. The first-order chi connectivity index (χ1) is 12.9. The van der Waals surface area contributed by atoms with Gasteiger partial charge in [-0.15, -0.1) is 0 Å². The number of ketones is 1. The second-order valence-electron chi connectivity index (χ2n) is 6.09. The van der Waals surface area contributed by atoms with Crippen LogP contribution in [-0.2, 0) is 10.0 Å². The molecule has 0 heterocycles. The molecule has 27 heavy (non-hydrogen) atoms. The number of para-hydroxylation sites is 1. The molecule has 5 nitrogen and oxygen atoms in total. The maximum Gasteiger partial charge on any atom is 0.261 e. The van der Waals surface area contributed by atoms with Crippen LogP contribution >= 0.6 is 0 Å². The lowest BCUT2D eigenvalue weighted by molar-refractivity contribution is 0.103. The van der Waals surface area contributed by atoms with Crippen molar-refractivity contribution in [3.8, 4) is 0 Å². The lowest BCUT2D eigenvalue weighted by Gasteiger charge is -2.16. The molecule has 0 unspecified atom stereocenters. The number of rotatable bonds is 6. The molecule has 0 bridgehead atoms. The van der Waals surface area contributed by atoms with E-state index in [9.17, 15) is 13.2 Å². The Labute approximate surface area is 159 Å². The summed E-state index contributed by atoms with van der Waals surface area (Å²) in [6.07, 6.45) is 0. The Morgan fingerprint density at radius 1 is 0.852 bits per heavy atom. The normalized spacial score (nSPS) is 11.0. The van der Waals surface area contributed by atoms with Gasteiger partial charge in [0, 0.05) is 18.2 Å². The standard InChI is InChI=1S/C21H20N2O3S/c1-15-11-13-17(14-12-15)27(25,26)23-19-10-6-9-18(20(19)22-2)21(24)16-7-4-3-5-8-16/h3-14,22-23H,1-2H3. The third-order valence-corrected chi connectivity index (χ3v) is 5.55. The lowest BCUT2D eigenvalue weighted by atomic mass is 10.0. The van der Waals surface area contributed by atoms with Gasteiger partial charge in [-0.25, -0.2) is 8.42 Å². The monoisotopic (exact) mass is 380 g/mol. The summed E-state index contributed by atoms with van der Waals surface area (Å²) in [5, 5.41) is 2.95. The summed E-state index contributed by atoms with van der Waals surface area (Å²) in [5.41, 5.74) is 2.66. The van der Waals surface area contributed by atoms with Crippen molar-refractivity contribution in [3.63, 3.8) is 0 Å². The maximum absolute atomic E-state index is 12.8. The number of hydrogen-bond acceptors (Lipinski definition) is 4. The van der Waals surface area contributed by atoms with Crippen molar-refractivity contribution >= 4 is 27.2 Å². The van der Waals surface area contributed by atoms with Crippen LogP contribution < -0.4 is 10.0 Å². The number of carbonyl (C=O) groups excluding carboxylic acids is 1. The Kier molecular flexibility index (Phi) is 5.28. The first kappa shape index (κ1) is 18.7. The van der Waals surface area contributed by atoms with Crippen LogP contribution in [0.3, 0.4) is 0 Å². The van der Waals surface area contributed by atoms with Crippen LogP contribution in [0, 0.1) is 6.92 Å². The van der Waals surface area contributed by atoms with Gasteiger partial charge in [-0.2, -0.15) is 0 Å². The largest absolute Gasteiger partial charge is 0.386 e. The van der Waals surface area contributed by atoms with Gasteiger partial charge < -0.3 is 5.32 Å². The van der Waals surface area contributed by atoms with Crippen LogP contribution in [0.1, 0.15) is 21.5 Å². The fourth-order valence-electron chi connectivity index (χ4n) is 2.76. The van der Waals surface area contributed by atoms with E-state index in [4.69, 9.17) is 0 Å². The van der Waals surface area contributed by atoms with E-state index in [1.165, 1.54) is 0 Å². The molecule has 138 valence electrons. The molecule has 0 saturated carbocycles. The first-order valence-electron chi connectivity index (χ1n) is 8.42. The molecule has 0 aliphatic heterocycles. The molecule has 3 aromatic carbocycles. The summed E-state index contributed by atoms with van der Waals surface area (Å²) in [7, 11) is -2.12. The molecule has 0 aliphatic rings. The summed E-state index contributed by atoms with van der Waals surface area (Å²) in [6, 6.07) is 20.4. The van der Waals surface area contributed by atoms with Crippen LogP contribution in [0.5, 0.6) is 0 Å². The molecular formula is C21H20N2O3S. The zero-order chi connectivity index (χ0) is 19.4. The number of aryl methyl sites for hydroxylation is 1. The Bertz CT molecular complexity index is 1060. The highest BCUT2D eigenvalue weighted by Crippen LogP contribution is 2.30. The van der Waals surface area contributed by atoms with Crippen LogP contribution in [0.2, 0.25) is 0 Å². The Morgan fingerprint density at radius 3 is 2.15 bits per heavy atom. The Morgan fingerprint density at radius 2 is 1.52 bits per heavy atom. The molecule has 0 amide bonds. The predicted molar refractivity (Wildman–Crippen MR) is 108 cm³/mol. The maximum atomic E-state index is 12.8. The van der Waals surface area contributed by atoms with E-state index in [0.717, 1.165) is 5.56 Å². The van der Waals surface area contributed by atoms with E-state index in [2.05, 4.69) is 10.0 Å². The Balaban J connectivity index is 1.99. The molecule has 0 aromatic heterocycles. The number of hydrogen-bond donors (Lipinski definition) is 2. The highest BCUT2D eigenvalue weighted by molar-refractivity contribution is 7.92. The van der Waals surface area contributed by atoms with Crippen molar-refractivity contribution in [3.05, 3.63) is 89.5 Å². The van der Waals surface area contributed by atoms with E-state index in [-0.39, 0.29) is 10.7 Å². The smallest absolute Gasteiger partial charge is 0.261 e. The van der Waals surface area contributed by atoms with Crippen LogP contribution in [-0.4, -0.2) is 21.2 Å². The molecule has 0 radical (unpaired) electrons. The summed E-state index contributed by atoms with van der Waals surface area (Å²) >= 11 is 0. The SMILES string of the molecule is CNc1c(NS(=O)(=O)c2ccc(C)cc2)cccc1C(=O)c1ccccc1. The topological polar surface area (TPSA) is 75.3 Å². The third-order valence-electron chi connectivity index (χ3n) is 4.17. The summed E-state index contributed by atoms with van der Waals surface area (Å²) in [6.45, 7) is 1.89. The van der Waals surface area contributed by atoms with Gasteiger partial charge in [0.05, 0.1) is 16.3 Å². The number of carbonyl (C=O) groups is 1. The molecule has 2 N–H and O–H groups in total. The predicted octanol–water partition coefficient (Wildman–Crippen LogP) is 4.07. The van der Waals surface area contributed by atoms with E-state index in [1.807, 2.05) is 13.0 Å². The van der Waals surface area contributed by atoms with Gasteiger partial charge in [-0.3, -0.25) is 9.52 Å². The van der Waals surface area contributed by atoms with Crippen molar-refractivity contribution in [2.45, 2.75) is 11.8 Å². The molecule has 3 aromatic rings. The van der Waals surface area contributed by atoms with E-state index in [0.29, 0.717) is 22.5 Å². The minimum Gasteiger partial charge on any atom is -0.386 e. The molecule has 3 rings (SSSR count). The highest BCUT2D eigenvalue weighted by Gasteiger charge is 2.20. The third kappa shape index (κ3) is 4.01. The molecule has 0 aliphatic carbocycles. The van der Waals surface area contributed by atoms with Gasteiger partial charge in [0.25, 0.3) is 10.0 Å². The number of anilines is 2. The zero-order valence-electron chi connectivity index (χ0n) is 15.1. The second kappa shape index (κ2) is 7.63. The van der Waals surface area contributed by atoms with Gasteiger partial charge in [-0.05, 0) is 31.2 Å². The van der Waals surface area contributed by atoms with Crippen molar-refractivity contribution in [2.75, 3.05) is 17.1 Å². The van der Waals surface area contributed by atoms with Crippen molar-refractivity contribution in [1.29, 1.82) is 0 Å². The highest BCUT2D eigenvalue weighted by atomic mass is 32.2. The van der Waals surface area contributed by atoms with E-state index >= 15 is 0 Å². The number of nitrogens with one attached hydrogen (secondary N) is 2. The average molecular weight is 380 g/mol. The second-order valence-corrected chi connectivity index (χ2v) is 7.77. The minimum absolute atomic E-state index is 0.162. The Hall–Kier alpha value is -3.12. The molecule has 0 saturated heterocycles. The number of sulfonamides is 1. The molecule has 0 spiro atoms. The van der Waals surface area contributed by atoms with Crippen molar-refractivity contribution in [1.82, 2.24) is 0 Å². The van der Waals surface area contributed by atoms with Gasteiger partial charge in [0.2, 0.25) is 0 Å². The fraction of sp³-hybridized carbons (Fsp3) is 0.0952. The molecule has 0 fully saturated rings. The van der Waals surface area contributed by atoms with Gasteiger partial charge in [-0.1, -0.05) is 54.1 Å². The van der Waals surface area contributed by atoms with Crippen molar-refractivity contribution in [2.24, 2.45) is 0 Å². The molecule has 6 heteroatoms. The quantitative estimate of drug-likeness (QED) is 0.632. The lowest BCUT2D eigenvalue weighted by Crippen LogP contribution is -2.15. The van der Waals surface area contributed by atoms with Gasteiger partial charge >= 0.3 is 0 Å². The van der Waals surface area contributed by atoms with Crippen molar-refractivity contribution < 1.29 is 13.2 Å². The summed E-state index contributed by atoms with van der Waals surface area (Å²) < 4.78 is 28.0. The van der Waals surface area contributed by atoms with Gasteiger partial charge in [0.1, 0.15) is 0 Å². The molecule has 0 atom stereocenters. The average Bonchev–Trinajstić information content (AvgIpc) is 2.68. The van der Waals surface area contributed by atoms with Gasteiger partial charge in [0.15, 0.2) is 5.78 Å². The number of benzene rings is 3. The fourth-order valence-corrected chi connectivity index (χ4v) is 3.83. The summed E-state index contributed by atoms with van der Waals surface area (Å²) in [4.78, 5) is 13.0. The summed E-state index contributed by atoms with van der Waals surface area (Å²) in [5.74, 6) is -0.184.